The van der Waals surface area contributed by atoms with Crippen LogP contribution in [0.4, 0.5) is 23.2 Å². The number of nitrogens with one attached hydrogen (secondary N) is 2. The third-order valence-electron chi connectivity index (χ3n) is 6.09. The van der Waals surface area contributed by atoms with Crippen LogP contribution >= 0.6 is 0 Å². The fourth-order valence-corrected chi connectivity index (χ4v) is 5.15. The van der Waals surface area contributed by atoms with Crippen molar-refractivity contribution in [1.29, 1.82) is 0 Å². The fraction of sp³-hybridized carbons (Fsp3) is 0.240. The molecule has 0 bridgehead atoms. The van der Waals surface area contributed by atoms with Gasteiger partial charge in [0.05, 0.1) is 29.8 Å². The van der Waals surface area contributed by atoms with Crippen LogP contribution in [0.3, 0.4) is 0 Å². The predicted octanol–water partition coefficient (Wildman–Crippen LogP) is 3.49. The first kappa shape index (κ1) is 26.4. The van der Waals surface area contributed by atoms with Crippen LogP contribution in [-0.2, 0) is 10.0 Å². The van der Waals surface area contributed by atoms with E-state index in [1.807, 2.05) is 0 Å². The zero-order chi connectivity index (χ0) is 27.8. The molecule has 9 nitrogen and oxygen atoms in total. The molecule has 2 unspecified atom stereocenters. The molecule has 2 atom stereocenters. The highest BCUT2D eigenvalue weighted by Crippen LogP contribution is 2.34. The van der Waals surface area contributed by atoms with E-state index in [9.17, 15) is 26.0 Å². The second kappa shape index (κ2) is 10.2. The minimum absolute atomic E-state index is 0.0101. The van der Waals surface area contributed by atoms with Crippen molar-refractivity contribution in [2.75, 3.05) is 24.9 Å². The van der Waals surface area contributed by atoms with Gasteiger partial charge in [-0.1, -0.05) is 5.92 Å². The highest BCUT2D eigenvalue weighted by atomic mass is 32.2. The number of sulfonamides is 1. The molecule has 2 N–H and O–H groups in total. The molecule has 0 saturated carbocycles. The van der Waals surface area contributed by atoms with Gasteiger partial charge in [0.15, 0.2) is 5.65 Å². The maximum absolute atomic E-state index is 13.3. The molecule has 4 heterocycles. The van der Waals surface area contributed by atoms with Crippen LogP contribution in [0, 0.1) is 29.5 Å². The minimum atomic E-state index is -4.36. The molecule has 0 aliphatic carbocycles. The molecule has 202 valence electrons. The van der Waals surface area contributed by atoms with Crippen molar-refractivity contribution in [3.8, 4) is 29.0 Å². The largest absolute Gasteiger partial charge is 0.480 e. The molecule has 0 radical (unpaired) electrons. The number of rotatable bonds is 5. The first-order valence-electron chi connectivity index (χ1n) is 11.5. The molecule has 0 spiro atoms. The lowest BCUT2D eigenvalue weighted by molar-refractivity contribution is -0.174. The SMILES string of the molecule is COc1ncc(-c2ccc3ncc(C#CC4CNCC4C(F)(F)F)n3n2)cc1NS(=O)(=O)c1ccc(F)cc1. The second-order valence-corrected chi connectivity index (χ2v) is 10.3. The molecule has 4 aromatic rings. The third kappa shape index (κ3) is 5.50. The number of hydrogen-bond donors (Lipinski definition) is 2. The van der Waals surface area contributed by atoms with Crippen LogP contribution in [0.2, 0.25) is 0 Å². The summed E-state index contributed by atoms with van der Waals surface area (Å²) in [7, 11) is -2.78. The molecule has 3 aromatic heterocycles. The lowest BCUT2D eigenvalue weighted by Gasteiger charge is -2.16. The molecule has 1 saturated heterocycles. The summed E-state index contributed by atoms with van der Waals surface area (Å²) in [5.74, 6) is 2.41. The van der Waals surface area contributed by atoms with Crippen LogP contribution < -0.4 is 14.8 Å². The van der Waals surface area contributed by atoms with Gasteiger partial charge in [-0.2, -0.15) is 18.3 Å². The van der Waals surface area contributed by atoms with Gasteiger partial charge in [-0.3, -0.25) is 4.72 Å². The van der Waals surface area contributed by atoms with Crippen molar-refractivity contribution in [2.45, 2.75) is 11.1 Å². The maximum atomic E-state index is 13.3. The number of imidazole rings is 1. The Labute approximate surface area is 220 Å². The van der Waals surface area contributed by atoms with Gasteiger partial charge in [-0.25, -0.2) is 27.3 Å². The normalized spacial score (nSPS) is 17.6. The monoisotopic (exact) mass is 560 g/mol. The topological polar surface area (TPSA) is 111 Å². The molecule has 1 aliphatic rings. The van der Waals surface area contributed by atoms with Gasteiger partial charge in [0, 0.05) is 30.8 Å². The Morgan fingerprint density at radius 1 is 1.10 bits per heavy atom. The Hall–Kier alpha value is -4.22. The smallest absolute Gasteiger partial charge is 0.394 e. The number of ether oxygens (including phenoxy) is 1. The predicted molar refractivity (Wildman–Crippen MR) is 133 cm³/mol. The van der Waals surface area contributed by atoms with Crippen molar-refractivity contribution in [3.05, 3.63) is 66.4 Å². The van der Waals surface area contributed by atoms with Gasteiger partial charge in [-0.05, 0) is 48.4 Å². The highest BCUT2D eigenvalue weighted by molar-refractivity contribution is 7.92. The van der Waals surface area contributed by atoms with Crippen LogP contribution in [-0.4, -0.2) is 54.4 Å². The van der Waals surface area contributed by atoms with Crippen molar-refractivity contribution in [1.82, 2.24) is 24.9 Å². The maximum Gasteiger partial charge on any atom is 0.394 e. The van der Waals surface area contributed by atoms with E-state index in [0.717, 1.165) is 24.3 Å². The van der Waals surface area contributed by atoms with E-state index in [4.69, 9.17) is 4.74 Å². The summed E-state index contributed by atoms with van der Waals surface area (Å²) in [6, 6.07) is 9.02. The first-order valence-corrected chi connectivity index (χ1v) is 13.0. The van der Waals surface area contributed by atoms with Gasteiger partial charge < -0.3 is 10.1 Å². The Balaban J connectivity index is 1.47. The number of halogens is 4. The number of anilines is 1. The number of pyridine rings is 1. The average Bonchev–Trinajstić information content (AvgIpc) is 3.54. The summed E-state index contributed by atoms with van der Waals surface area (Å²) in [4.78, 5) is 8.20. The first-order chi connectivity index (χ1) is 18.5. The van der Waals surface area contributed by atoms with E-state index in [1.54, 1.807) is 12.1 Å². The molecule has 1 fully saturated rings. The van der Waals surface area contributed by atoms with Crippen LogP contribution in [0.5, 0.6) is 5.88 Å². The Bertz CT molecular complexity index is 1700. The Morgan fingerprint density at radius 3 is 2.59 bits per heavy atom. The number of nitrogens with zero attached hydrogens (tertiary/aromatic N) is 4. The second-order valence-electron chi connectivity index (χ2n) is 8.65. The fourth-order valence-electron chi connectivity index (χ4n) is 4.10. The summed E-state index contributed by atoms with van der Waals surface area (Å²) in [5, 5.41) is 7.22. The van der Waals surface area contributed by atoms with Crippen molar-refractivity contribution in [3.63, 3.8) is 0 Å². The summed E-state index contributed by atoms with van der Waals surface area (Å²) >= 11 is 0. The molecule has 39 heavy (non-hydrogen) atoms. The van der Waals surface area contributed by atoms with Crippen molar-refractivity contribution in [2.24, 2.45) is 11.8 Å². The Kier molecular flexibility index (Phi) is 6.87. The van der Waals surface area contributed by atoms with Gasteiger partial charge in [-0.15, -0.1) is 0 Å². The molecular formula is C25H20F4N6O3S. The number of benzene rings is 1. The molecular weight excluding hydrogens is 540 g/mol. The van der Waals surface area contributed by atoms with E-state index in [2.05, 4.69) is 36.9 Å². The lowest BCUT2D eigenvalue weighted by Crippen LogP contribution is -2.29. The molecule has 1 aromatic carbocycles. The number of hydrogen-bond acceptors (Lipinski definition) is 7. The van der Waals surface area contributed by atoms with Crippen LogP contribution in [0.25, 0.3) is 16.9 Å². The molecule has 14 heteroatoms. The minimum Gasteiger partial charge on any atom is -0.480 e. The summed E-state index contributed by atoms with van der Waals surface area (Å²) in [6.07, 6.45) is -1.52. The quantitative estimate of drug-likeness (QED) is 0.284. The summed E-state index contributed by atoms with van der Waals surface area (Å²) < 4.78 is 87.7. The summed E-state index contributed by atoms with van der Waals surface area (Å²) in [6.45, 7) is -0.0587. The highest BCUT2D eigenvalue weighted by Gasteiger charge is 2.46. The van der Waals surface area contributed by atoms with E-state index in [1.165, 1.54) is 30.1 Å². The number of fused-ring (bicyclic) bond motifs is 1. The van der Waals surface area contributed by atoms with Crippen LogP contribution in [0.1, 0.15) is 5.69 Å². The van der Waals surface area contributed by atoms with Crippen LogP contribution in [0.15, 0.2) is 59.8 Å². The van der Waals surface area contributed by atoms with Crippen molar-refractivity contribution < 1.29 is 30.7 Å². The van der Waals surface area contributed by atoms with Gasteiger partial charge in [0.2, 0.25) is 5.88 Å². The van der Waals surface area contributed by atoms with E-state index < -0.39 is 33.9 Å². The zero-order valence-corrected chi connectivity index (χ0v) is 21.0. The number of methoxy groups -OCH3 is 1. The molecule has 1 aliphatic heterocycles. The van der Waals surface area contributed by atoms with E-state index >= 15 is 0 Å². The molecule has 5 rings (SSSR count). The van der Waals surface area contributed by atoms with Gasteiger partial charge >= 0.3 is 6.18 Å². The zero-order valence-electron chi connectivity index (χ0n) is 20.2. The summed E-state index contributed by atoms with van der Waals surface area (Å²) in [5.41, 5.74) is 1.48. The van der Waals surface area contributed by atoms with Gasteiger partial charge in [0.1, 0.15) is 17.2 Å². The Morgan fingerprint density at radius 2 is 1.87 bits per heavy atom. The standard InChI is InChI=1S/C25H20F4N6O3S/c1-38-24-22(34-39(36,37)19-6-3-17(26)4-7-19)10-16(12-32-24)21-8-9-23-31-13-18(35(23)33-21)5-2-15-11-30-14-20(15)25(27,28)29/h3-4,6-10,12-13,15,20,30,34H,11,14H2,1H3. The lowest BCUT2D eigenvalue weighted by atomic mass is 9.96. The van der Waals surface area contributed by atoms with Crippen molar-refractivity contribution >= 4 is 21.4 Å². The van der Waals surface area contributed by atoms with E-state index in [0.29, 0.717) is 22.6 Å². The number of alkyl halides is 3. The third-order valence-corrected chi connectivity index (χ3v) is 7.47. The van der Waals surface area contributed by atoms with Gasteiger partial charge in [0.25, 0.3) is 10.0 Å². The number of aromatic nitrogens is 4. The van der Waals surface area contributed by atoms with E-state index in [-0.39, 0.29) is 29.6 Å². The average molecular weight is 561 g/mol. The molecule has 0 amide bonds.